The van der Waals surface area contributed by atoms with Gasteiger partial charge in [-0.15, -0.1) is 12.4 Å². The van der Waals surface area contributed by atoms with Crippen LogP contribution in [-0.2, 0) is 4.79 Å². The van der Waals surface area contributed by atoms with Crippen LogP contribution in [0.5, 0.6) is 0 Å². The number of carbonyl (C=O) groups is 2. The van der Waals surface area contributed by atoms with E-state index in [9.17, 15) is 9.59 Å². The van der Waals surface area contributed by atoms with Crippen LogP contribution in [-0.4, -0.2) is 59.1 Å². The molecule has 1 saturated heterocycles. The van der Waals surface area contributed by atoms with Crippen molar-refractivity contribution in [3.05, 3.63) is 30.0 Å². The summed E-state index contributed by atoms with van der Waals surface area (Å²) in [6, 6.07) is 7.33. The first-order valence-corrected chi connectivity index (χ1v) is 8.30. The molecule has 2 amide bonds. The van der Waals surface area contributed by atoms with Crippen LogP contribution in [0.15, 0.2) is 24.3 Å². The van der Waals surface area contributed by atoms with E-state index in [1.54, 1.807) is 6.92 Å². The fourth-order valence-electron chi connectivity index (χ4n) is 3.13. The summed E-state index contributed by atoms with van der Waals surface area (Å²) in [5.74, 6) is -0.379. The first-order chi connectivity index (χ1) is 11.6. The molecule has 7 nitrogen and oxygen atoms in total. The normalized spacial score (nSPS) is 16.3. The molecule has 2 aromatic rings. The summed E-state index contributed by atoms with van der Waals surface area (Å²) in [5.41, 5.74) is 1.12. The Hall–Kier alpha value is -2.12. The first kappa shape index (κ1) is 19.2. The number of halogens is 1. The van der Waals surface area contributed by atoms with Gasteiger partial charge < -0.3 is 15.5 Å². The molecule has 1 unspecified atom stereocenters. The second kappa shape index (κ2) is 8.31. The summed E-state index contributed by atoms with van der Waals surface area (Å²) in [4.78, 5) is 26.8. The molecular weight excluding hydrogens is 342 g/mol. The minimum Gasteiger partial charge on any atom is -0.341 e. The Labute approximate surface area is 152 Å². The summed E-state index contributed by atoms with van der Waals surface area (Å²) >= 11 is 0. The van der Waals surface area contributed by atoms with Crippen molar-refractivity contribution in [2.75, 3.05) is 20.1 Å². The third-order valence-electron chi connectivity index (χ3n) is 4.62. The van der Waals surface area contributed by atoms with Gasteiger partial charge in [0.05, 0.1) is 5.52 Å². The maximum atomic E-state index is 12.5. The Balaban J connectivity index is 0.00000225. The average Bonchev–Trinajstić information content (AvgIpc) is 3.05. The van der Waals surface area contributed by atoms with Crippen LogP contribution < -0.4 is 10.6 Å². The van der Waals surface area contributed by atoms with Gasteiger partial charge in [0.2, 0.25) is 5.91 Å². The highest BCUT2D eigenvalue weighted by Crippen LogP contribution is 2.15. The molecule has 3 rings (SSSR count). The zero-order chi connectivity index (χ0) is 17.1. The second-order valence-corrected chi connectivity index (χ2v) is 6.20. The van der Waals surface area contributed by atoms with E-state index >= 15 is 0 Å². The maximum Gasteiger partial charge on any atom is 0.273 e. The molecule has 1 fully saturated rings. The number of nitrogens with zero attached hydrogens (tertiary/aromatic N) is 2. The number of carbonyl (C=O) groups excluding carboxylic acids is 2. The van der Waals surface area contributed by atoms with Crippen molar-refractivity contribution in [3.63, 3.8) is 0 Å². The van der Waals surface area contributed by atoms with E-state index < -0.39 is 6.04 Å². The molecule has 2 heterocycles. The number of aromatic nitrogens is 2. The quantitative estimate of drug-likeness (QED) is 0.762. The summed E-state index contributed by atoms with van der Waals surface area (Å²) in [6.07, 6.45) is 1.87. The van der Waals surface area contributed by atoms with Crippen LogP contribution in [0.3, 0.4) is 0 Å². The van der Waals surface area contributed by atoms with Crippen molar-refractivity contribution in [2.45, 2.75) is 31.8 Å². The van der Waals surface area contributed by atoms with Crippen LogP contribution in [0.1, 0.15) is 30.3 Å². The number of likely N-dealkylation sites (tertiary alicyclic amines) is 1. The highest BCUT2D eigenvalue weighted by atomic mass is 35.5. The van der Waals surface area contributed by atoms with Crippen molar-refractivity contribution in [3.8, 4) is 0 Å². The highest BCUT2D eigenvalue weighted by Gasteiger charge is 2.27. The molecule has 1 aliphatic heterocycles. The van der Waals surface area contributed by atoms with Crippen LogP contribution >= 0.6 is 12.4 Å². The van der Waals surface area contributed by atoms with Crippen LogP contribution in [0, 0.1) is 0 Å². The highest BCUT2D eigenvalue weighted by molar-refractivity contribution is 6.05. The van der Waals surface area contributed by atoms with Crippen molar-refractivity contribution >= 4 is 35.1 Å². The van der Waals surface area contributed by atoms with Gasteiger partial charge in [0.25, 0.3) is 5.91 Å². The number of rotatable bonds is 4. The van der Waals surface area contributed by atoms with Crippen molar-refractivity contribution < 1.29 is 9.59 Å². The Kier molecular flexibility index (Phi) is 6.39. The van der Waals surface area contributed by atoms with E-state index in [0.29, 0.717) is 11.7 Å². The van der Waals surface area contributed by atoms with E-state index in [1.807, 2.05) is 36.2 Å². The lowest BCUT2D eigenvalue weighted by Gasteiger charge is -2.33. The summed E-state index contributed by atoms with van der Waals surface area (Å²) in [6.45, 7) is 3.16. The molecular formula is C17H24ClN5O2. The van der Waals surface area contributed by atoms with Crippen LogP contribution in [0.2, 0.25) is 0 Å². The lowest BCUT2D eigenvalue weighted by atomic mass is 10.0. The minimum atomic E-state index is -0.570. The van der Waals surface area contributed by atoms with Crippen molar-refractivity contribution in [1.29, 1.82) is 0 Å². The lowest BCUT2D eigenvalue weighted by Crippen LogP contribution is -2.51. The SMILES string of the molecule is CNC1CCN(C(=O)C(C)NC(=O)c2n[nH]c3ccccc23)CC1.Cl. The molecule has 1 aromatic carbocycles. The van der Waals surface area contributed by atoms with Gasteiger partial charge >= 0.3 is 0 Å². The van der Waals surface area contributed by atoms with Crippen molar-refractivity contribution in [1.82, 2.24) is 25.7 Å². The predicted octanol–water partition coefficient (Wildman–Crippen LogP) is 1.31. The fraction of sp³-hybridized carbons (Fsp3) is 0.471. The van der Waals surface area contributed by atoms with Crippen LogP contribution in [0.4, 0.5) is 0 Å². The van der Waals surface area contributed by atoms with Crippen LogP contribution in [0.25, 0.3) is 10.9 Å². The molecule has 0 saturated carbocycles. The van der Waals surface area contributed by atoms with E-state index in [-0.39, 0.29) is 24.2 Å². The molecule has 1 atom stereocenters. The number of aromatic amines is 1. The molecule has 1 aromatic heterocycles. The number of hydrogen-bond donors (Lipinski definition) is 3. The summed E-state index contributed by atoms with van der Waals surface area (Å²) in [7, 11) is 1.94. The zero-order valence-corrected chi connectivity index (χ0v) is 15.2. The minimum absolute atomic E-state index is 0. The van der Waals surface area contributed by atoms with Gasteiger partial charge in [-0.2, -0.15) is 5.10 Å². The molecule has 25 heavy (non-hydrogen) atoms. The van der Waals surface area contributed by atoms with E-state index in [1.165, 1.54) is 0 Å². The molecule has 3 N–H and O–H groups in total. The number of benzene rings is 1. The molecule has 136 valence electrons. The van der Waals surface area contributed by atoms with Gasteiger partial charge in [-0.05, 0) is 32.9 Å². The molecule has 0 bridgehead atoms. The molecule has 1 aliphatic rings. The molecule has 0 radical (unpaired) electrons. The van der Waals surface area contributed by atoms with E-state index in [0.717, 1.165) is 36.8 Å². The Morgan fingerprint density at radius 1 is 1.28 bits per heavy atom. The van der Waals surface area contributed by atoms with Gasteiger partial charge in [0.1, 0.15) is 6.04 Å². The predicted molar refractivity (Wildman–Crippen MR) is 98.9 cm³/mol. The smallest absolute Gasteiger partial charge is 0.273 e. The van der Waals surface area contributed by atoms with Gasteiger partial charge in [-0.1, -0.05) is 18.2 Å². The standard InChI is InChI=1S/C17H23N5O2.ClH/c1-11(17(24)22-9-7-12(18-2)8-10-22)19-16(23)15-13-5-3-4-6-14(13)20-21-15;/h3-6,11-12,18H,7-10H2,1-2H3,(H,19,23)(H,20,21);1H. The number of piperidine rings is 1. The van der Waals surface area contributed by atoms with E-state index in [4.69, 9.17) is 0 Å². The number of nitrogens with one attached hydrogen (secondary N) is 3. The Bertz CT molecular complexity index is 739. The molecule has 0 aliphatic carbocycles. The number of H-pyrrole nitrogens is 1. The third-order valence-corrected chi connectivity index (χ3v) is 4.62. The number of amides is 2. The molecule has 0 spiro atoms. The molecule has 8 heteroatoms. The number of fused-ring (bicyclic) bond motifs is 1. The maximum absolute atomic E-state index is 12.5. The van der Waals surface area contributed by atoms with E-state index in [2.05, 4.69) is 20.8 Å². The first-order valence-electron chi connectivity index (χ1n) is 8.30. The summed E-state index contributed by atoms with van der Waals surface area (Å²) in [5, 5.41) is 13.7. The van der Waals surface area contributed by atoms with Gasteiger partial charge in [0.15, 0.2) is 5.69 Å². The number of para-hydroxylation sites is 1. The van der Waals surface area contributed by atoms with Gasteiger partial charge in [-0.3, -0.25) is 14.7 Å². The topological polar surface area (TPSA) is 90.1 Å². The van der Waals surface area contributed by atoms with Gasteiger partial charge in [0, 0.05) is 24.5 Å². The number of hydrogen-bond acceptors (Lipinski definition) is 4. The summed E-state index contributed by atoms with van der Waals surface area (Å²) < 4.78 is 0. The Morgan fingerprint density at radius 3 is 2.64 bits per heavy atom. The lowest BCUT2D eigenvalue weighted by molar-refractivity contribution is -0.133. The average molecular weight is 366 g/mol. The zero-order valence-electron chi connectivity index (χ0n) is 14.4. The third kappa shape index (κ3) is 4.11. The second-order valence-electron chi connectivity index (χ2n) is 6.20. The van der Waals surface area contributed by atoms with Gasteiger partial charge in [-0.25, -0.2) is 0 Å². The monoisotopic (exact) mass is 365 g/mol. The Morgan fingerprint density at radius 2 is 1.96 bits per heavy atom. The fourth-order valence-corrected chi connectivity index (χ4v) is 3.13. The van der Waals surface area contributed by atoms with Crippen molar-refractivity contribution in [2.24, 2.45) is 0 Å². The largest absolute Gasteiger partial charge is 0.341 e.